The first-order valence-electron chi connectivity index (χ1n) is 15.6. The third-order valence-electron chi connectivity index (χ3n) is 8.26. The summed E-state index contributed by atoms with van der Waals surface area (Å²) < 4.78 is 7.89. The van der Waals surface area contributed by atoms with Gasteiger partial charge in [0, 0.05) is 24.9 Å². The topological polar surface area (TPSA) is 73.1 Å². The van der Waals surface area contributed by atoms with E-state index in [0.717, 1.165) is 64.6 Å². The Labute approximate surface area is 264 Å². The van der Waals surface area contributed by atoms with Crippen molar-refractivity contribution in [2.45, 2.75) is 46.3 Å². The summed E-state index contributed by atoms with van der Waals surface area (Å²) in [6.45, 7) is 9.82. The van der Waals surface area contributed by atoms with Crippen LogP contribution in [0.1, 0.15) is 64.0 Å². The lowest BCUT2D eigenvalue weighted by atomic mass is 10.00. The molecule has 1 aliphatic heterocycles. The average molecular weight is 598 g/mol. The van der Waals surface area contributed by atoms with E-state index in [4.69, 9.17) is 9.72 Å². The van der Waals surface area contributed by atoms with Crippen LogP contribution in [0.5, 0.6) is 0 Å². The number of carbonyl (C=O) groups excluding carboxylic acids is 1. The summed E-state index contributed by atoms with van der Waals surface area (Å²) in [4.78, 5) is 29.1. The van der Waals surface area contributed by atoms with Gasteiger partial charge in [-0.25, -0.2) is 14.8 Å². The zero-order valence-corrected chi connectivity index (χ0v) is 26.2. The van der Waals surface area contributed by atoms with Gasteiger partial charge < -0.3 is 9.30 Å². The fourth-order valence-corrected chi connectivity index (χ4v) is 5.72. The predicted molar refractivity (Wildman–Crippen MR) is 180 cm³/mol. The highest BCUT2D eigenvalue weighted by Gasteiger charge is 2.14. The molecule has 1 atom stereocenters. The molecule has 0 amide bonds. The number of carbonyl (C=O) groups is 1. The van der Waals surface area contributed by atoms with Crippen LogP contribution in [0.2, 0.25) is 0 Å². The van der Waals surface area contributed by atoms with Crippen molar-refractivity contribution >= 4 is 28.7 Å². The highest BCUT2D eigenvalue weighted by atomic mass is 16.5. The van der Waals surface area contributed by atoms with Gasteiger partial charge in [0.05, 0.1) is 28.7 Å². The van der Waals surface area contributed by atoms with Gasteiger partial charge in [-0.3, -0.25) is 9.88 Å². The van der Waals surface area contributed by atoms with Crippen molar-refractivity contribution in [2.75, 3.05) is 19.6 Å². The normalized spacial score (nSPS) is 14.8. The minimum atomic E-state index is -0.418. The Hall–Kier alpha value is -4.88. The standard InChI is InChI=1S/C38H39N5O2/c1-27-9-14-31(15-10-27)34(20-24-42-22-4-5-23-42)35-8-6-7-33(41-35)18-11-28(2)45-38(44)32-16-12-30(13-17-32)26-43-29(3)40-36-25-39-21-19-37(36)43/h6-21,25,28H,4-5,22-24,26H2,1-3H3/b18-11+,34-20+/t28-/m1/s1. The van der Waals surface area contributed by atoms with Crippen molar-refractivity contribution in [3.63, 3.8) is 0 Å². The summed E-state index contributed by atoms with van der Waals surface area (Å²) in [5, 5.41) is 0. The van der Waals surface area contributed by atoms with E-state index in [1.807, 2.05) is 68.5 Å². The summed E-state index contributed by atoms with van der Waals surface area (Å²) >= 11 is 0. The number of esters is 1. The highest BCUT2D eigenvalue weighted by Crippen LogP contribution is 2.24. The van der Waals surface area contributed by atoms with Crippen molar-refractivity contribution in [2.24, 2.45) is 0 Å². The monoisotopic (exact) mass is 597 g/mol. The van der Waals surface area contributed by atoms with Gasteiger partial charge in [-0.2, -0.15) is 0 Å². The van der Waals surface area contributed by atoms with Crippen LogP contribution < -0.4 is 0 Å². The zero-order valence-electron chi connectivity index (χ0n) is 26.2. The molecule has 0 unspecified atom stereocenters. The fraction of sp³-hybridized carbons (Fsp3) is 0.263. The Balaban J connectivity index is 1.11. The zero-order chi connectivity index (χ0) is 31.2. The molecule has 6 rings (SSSR count). The number of imidazole rings is 1. The number of nitrogens with zero attached hydrogens (tertiary/aromatic N) is 5. The molecule has 1 fully saturated rings. The lowest BCUT2D eigenvalue weighted by Gasteiger charge is -2.14. The van der Waals surface area contributed by atoms with Gasteiger partial charge in [0.15, 0.2) is 0 Å². The largest absolute Gasteiger partial charge is 0.455 e. The van der Waals surface area contributed by atoms with Gasteiger partial charge in [-0.1, -0.05) is 54.1 Å². The molecule has 0 radical (unpaired) electrons. The average Bonchev–Trinajstić information content (AvgIpc) is 3.69. The number of fused-ring (bicyclic) bond motifs is 1. The fourth-order valence-electron chi connectivity index (χ4n) is 5.72. The first-order valence-corrected chi connectivity index (χ1v) is 15.6. The molecule has 7 heteroatoms. The highest BCUT2D eigenvalue weighted by molar-refractivity contribution is 5.89. The van der Waals surface area contributed by atoms with E-state index in [2.05, 4.69) is 62.8 Å². The van der Waals surface area contributed by atoms with E-state index in [1.165, 1.54) is 18.4 Å². The minimum Gasteiger partial charge on any atom is -0.455 e. The van der Waals surface area contributed by atoms with Crippen molar-refractivity contribution in [3.05, 3.63) is 137 Å². The Morgan fingerprint density at radius 1 is 0.933 bits per heavy atom. The van der Waals surface area contributed by atoms with Crippen LogP contribution in [-0.2, 0) is 11.3 Å². The Kier molecular flexibility index (Phi) is 9.27. The van der Waals surface area contributed by atoms with Crippen molar-refractivity contribution in [1.82, 2.24) is 24.4 Å². The van der Waals surface area contributed by atoms with Gasteiger partial charge in [-0.15, -0.1) is 0 Å². The minimum absolute atomic E-state index is 0.359. The number of hydrogen-bond donors (Lipinski definition) is 0. The number of rotatable bonds is 10. The number of hydrogen-bond acceptors (Lipinski definition) is 6. The summed E-state index contributed by atoms with van der Waals surface area (Å²) in [5.41, 5.74) is 8.78. The molecule has 1 aliphatic rings. The predicted octanol–water partition coefficient (Wildman–Crippen LogP) is 7.28. The molecular weight excluding hydrogens is 558 g/mol. The van der Waals surface area contributed by atoms with E-state index >= 15 is 0 Å². The number of benzene rings is 2. The lowest BCUT2D eigenvalue weighted by Crippen LogP contribution is -2.19. The van der Waals surface area contributed by atoms with E-state index < -0.39 is 6.10 Å². The van der Waals surface area contributed by atoms with Crippen LogP contribution >= 0.6 is 0 Å². The summed E-state index contributed by atoms with van der Waals surface area (Å²) in [5.74, 6) is 0.564. The lowest BCUT2D eigenvalue weighted by molar-refractivity contribution is 0.0425. The van der Waals surface area contributed by atoms with Crippen LogP contribution in [0.15, 0.2) is 97.3 Å². The van der Waals surface area contributed by atoms with Crippen LogP contribution in [0.4, 0.5) is 0 Å². The Morgan fingerprint density at radius 3 is 2.47 bits per heavy atom. The van der Waals surface area contributed by atoms with E-state index in [0.29, 0.717) is 12.1 Å². The van der Waals surface area contributed by atoms with Gasteiger partial charge >= 0.3 is 5.97 Å². The van der Waals surface area contributed by atoms with Gasteiger partial charge in [0.1, 0.15) is 17.4 Å². The van der Waals surface area contributed by atoms with Crippen LogP contribution in [0.3, 0.4) is 0 Å². The number of aryl methyl sites for hydroxylation is 2. The first-order chi connectivity index (χ1) is 21.9. The second-order valence-electron chi connectivity index (χ2n) is 11.7. The number of likely N-dealkylation sites (tertiary alicyclic amines) is 1. The smallest absolute Gasteiger partial charge is 0.338 e. The molecule has 1 saturated heterocycles. The summed E-state index contributed by atoms with van der Waals surface area (Å²) in [6.07, 6.45) is 11.8. The molecule has 228 valence electrons. The SMILES string of the molecule is Cc1ccc(/C(=C\CN2CCCC2)c2cccc(/C=C/[C@@H](C)OC(=O)c3ccc(Cn4c(C)nc5cnccc54)cc3)n2)cc1. The van der Waals surface area contributed by atoms with Crippen LogP contribution in [0, 0.1) is 13.8 Å². The molecule has 5 aromatic rings. The second-order valence-corrected chi connectivity index (χ2v) is 11.7. The second kappa shape index (κ2) is 13.8. The number of aromatic nitrogens is 4. The van der Waals surface area contributed by atoms with Gasteiger partial charge in [-0.05, 0) is 100 Å². The molecule has 0 N–H and O–H groups in total. The summed E-state index contributed by atoms with van der Waals surface area (Å²) in [6, 6.07) is 24.2. The van der Waals surface area contributed by atoms with E-state index in [9.17, 15) is 4.79 Å². The number of pyridine rings is 2. The Bertz CT molecular complexity index is 1830. The van der Waals surface area contributed by atoms with Gasteiger partial charge in [0.2, 0.25) is 0 Å². The maximum atomic E-state index is 12.9. The molecule has 0 spiro atoms. The third-order valence-corrected chi connectivity index (χ3v) is 8.26. The number of ether oxygens (including phenoxy) is 1. The molecule has 4 heterocycles. The molecule has 2 aromatic carbocycles. The van der Waals surface area contributed by atoms with Gasteiger partial charge in [0.25, 0.3) is 0 Å². The quantitative estimate of drug-likeness (QED) is 0.158. The van der Waals surface area contributed by atoms with E-state index in [1.54, 1.807) is 12.4 Å². The van der Waals surface area contributed by atoms with E-state index in [-0.39, 0.29) is 5.97 Å². The first kappa shape index (κ1) is 30.2. The van der Waals surface area contributed by atoms with Crippen molar-refractivity contribution in [1.29, 1.82) is 0 Å². The van der Waals surface area contributed by atoms with Crippen LogP contribution in [-0.4, -0.2) is 56.1 Å². The molecule has 0 aliphatic carbocycles. The molecule has 45 heavy (non-hydrogen) atoms. The summed E-state index contributed by atoms with van der Waals surface area (Å²) in [7, 11) is 0. The third kappa shape index (κ3) is 7.44. The van der Waals surface area contributed by atoms with Crippen molar-refractivity contribution < 1.29 is 9.53 Å². The molecule has 0 bridgehead atoms. The molecular formula is C38H39N5O2. The molecule has 3 aromatic heterocycles. The maximum absolute atomic E-state index is 12.9. The maximum Gasteiger partial charge on any atom is 0.338 e. The van der Waals surface area contributed by atoms with Crippen molar-refractivity contribution in [3.8, 4) is 0 Å². The van der Waals surface area contributed by atoms with Crippen LogP contribution in [0.25, 0.3) is 22.7 Å². The Morgan fingerprint density at radius 2 is 1.69 bits per heavy atom. The molecule has 0 saturated carbocycles. The molecule has 7 nitrogen and oxygen atoms in total.